The number of halogens is 6. The van der Waals surface area contributed by atoms with Crippen molar-refractivity contribution in [2.24, 2.45) is 0 Å². The summed E-state index contributed by atoms with van der Waals surface area (Å²) in [4.78, 5) is 11.1. The molecule has 1 aromatic carbocycles. The lowest BCUT2D eigenvalue weighted by Crippen LogP contribution is -2.40. The Kier molecular flexibility index (Phi) is 5.44. The highest BCUT2D eigenvalue weighted by Crippen LogP contribution is 2.44. The van der Waals surface area contributed by atoms with E-state index in [1.165, 1.54) is 6.92 Å². The second-order valence-corrected chi connectivity index (χ2v) is 9.50. The molecule has 5 nitrogen and oxygen atoms in total. The van der Waals surface area contributed by atoms with E-state index in [9.17, 15) is 44.7 Å². The minimum Gasteiger partial charge on any atom is -0.480 e. The van der Waals surface area contributed by atoms with Gasteiger partial charge in [0.1, 0.15) is 6.04 Å². The molecule has 13 heteroatoms. The van der Waals surface area contributed by atoms with Crippen LogP contribution in [0.3, 0.4) is 0 Å². The summed E-state index contributed by atoms with van der Waals surface area (Å²) in [6.45, 7) is 1.16. The number of benzene rings is 1. The summed E-state index contributed by atoms with van der Waals surface area (Å²) in [6.07, 6.45) is -10.1. The van der Waals surface area contributed by atoms with E-state index in [1.54, 1.807) is 0 Å². The van der Waals surface area contributed by atoms with Crippen LogP contribution in [0.4, 0.5) is 26.3 Å². The van der Waals surface area contributed by atoms with Crippen molar-refractivity contribution in [1.29, 1.82) is 0 Å². The standard InChI is InChI=1S/C17H13F6NO4S2/c1-2-11(15(25)26)24-7-13-14(30(24,27)28)6-12(29-13)8-3-9(16(18,19)20)5-10(4-8)17(21,22)23/h3-6,11H,2,7H2,1H3,(H,25,26). The number of hydrogen-bond donors (Lipinski definition) is 1. The number of hydrogen-bond acceptors (Lipinski definition) is 4. The summed E-state index contributed by atoms with van der Waals surface area (Å²) in [5, 5.41) is 9.21. The van der Waals surface area contributed by atoms with E-state index in [0.717, 1.165) is 10.4 Å². The van der Waals surface area contributed by atoms with Crippen LogP contribution >= 0.6 is 11.3 Å². The van der Waals surface area contributed by atoms with Gasteiger partial charge in [-0.25, -0.2) is 8.42 Å². The average Bonchev–Trinajstić information content (AvgIpc) is 3.13. The fourth-order valence-corrected chi connectivity index (χ4v) is 6.50. The van der Waals surface area contributed by atoms with Gasteiger partial charge >= 0.3 is 18.3 Å². The highest BCUT2D eigenvalue weighted by Gasteiger charge is 2.43. The van der Waals surface area contributed by atoms with Gasteiger partial charge in [0.25, 0.3) is 0 Å². The molecular weight excluding hydrogens is 460 g/mol. The van der Waals surface area contributed by atoms with Gasteiger partial charge in [-0.15, -0.1) is 11.3 Å². The predicted octanol–water partition coefficient (Wildman–Crippen LogP) is 4.82. The summed E-state index contributed by atoms with van der Waals surface area (Å²) in [5.41, 5.74) is -3.45. The average molecular weight is 473 g/mol. The Labute approximate surface area is 170 Å². The van der Waals surface area contributed by atoms with Crippen LogP contribution in [0.5, 0.6) is 0 Å². The Hall–Kier alpha value is -2.12. The molecule has 0 saturated heterocycles. The van der Waals surface area contributed by atoms with Gasteiger partial charge in [0.2, 0.25) is 10.0 Å². The first-order chi connectivity index (χ1) is 13.7. The molecule has 164 valence electrons. The molecule has 1 atom stereocenters. The van der Waals surface area contributed by atoms with E-state index < -0.39 is 51.1 Å². The van der Waals surface area contributed by atoms with Crippen molar-refractivity contribution in [3.05, 3.63) is 40.3 Å². The van der Waals surface area contributed by atoms with Gasteiger partial charge in [-0.3, -0.25) is 4.79 Å². The van der Waals surface area contributed by atoms with Crippen molar-refractivity contribution in [3.8, 4) is 10.4 Å². The zero-order valence-corrected chi connectivity index (χ0v) is 16.6. The van der Waals surface area contributed by atoms with Gasteiger partial charge in [0.05, 0.1) is 22.6 Å². The van der Waals surface area contributed by atoms with Gasteiger partial charge in [-0.1, -0.05) is 6.92 Å². The molecule has 1 aromatic heterocycles. The Bertz CT molecular complexity index is 1070. The van der Waals surface area contributed by atoms with Crippen LogP contribution in [-0.2, 0) is 33.7 Å². The summed E-state index contributed by atoms with van der Waals surface area (Å²) in [5.74, 6) is -1.36. The zero-order valence-electron chi connectivity index (χ0n) is 15.0. The lowest BCUT2D eigenvalue weighted by molar-refractivity contribution is -0.143. The van der Waals surface area contributed by atoms with E-state index in [4.69, 9.17) is 0 Å². The number of alkyl halides is 6. The largest absolute Gasteiger partial charge is 0.480 e. The van der Waals surface area contributed by atoms with Crippen molar-refractivity contribution < 1.29 is 44.7 Å². The normalized spacial score (nSPS) is 17.7. The number of rotatable bonds is 4. The number of thiophene rings is 1. The molecule has 0 saturated carbocycles. The van der Waals surface area contributed by atoms with Crippen molar-refractivity contribution in [2.45, 2.75) is 43.2 Å². The zero-order chi connectivity index (χ0) is 22.6. The van der Waals surface area contributed by atoms with Gasteiger partial charge < -0.3 is 5.11 Å². The Morgan fingerprint density at radius 1 is 1.10 bits per heavy atom. The first-order valence-electron chi connectivity index (χ1n) is 8.33. The Morgan fingerprint density at radius 2 is 1.63 bits per heavy atom. The molecule has 0 aliphatic carbocycles. The van der Waals surface area contributed by atoms with Crippen LogP contribution < -0.4 is 0 Å². The molecule has 0 fully saturated rings. The number of aliphatic carboxylic acids is 1. The quantitative estimate of drug-likeness (QED) is 0.647. The molecule has 1 unspecified atom stereocenters. The van der Waals surface area contributed by atoms with Crippen LogP contribution in [-0.4, -0.2) is 29.8 Å². The SMILES string of the molecule is CCC(C(=O)O)N1Cc2sc(-c3cc(C(F)(F)F)cc(C(F)(F)F)c3)cc2S1(=O)=O. The van der Waals surface area contributed by atoms with Crippen LogP contribution in [0.2, 0.25) is 0 Å². The fourth-order valence-electron chi connectivity index (χ4n) is 3.11. The molecule has 30 heavy (non-hydrogen) atoms. The van der Waals surface area contributed by atoms with E-state index in [-0.39, 0.29) is 33.7 Å². The molecule has 1 aliphatic rings. The fraction of sp³-hybridized carbons (Fsp3) is 0.353. The van der Waals surface area contributed by atoms with E-state index in [0.29, 0.717) is 23.5 Å². The molecular formula is C17H13F6NO4S2. The Balaban J connectivity index is 2.10. The smallest absolute Gasteiger partial charge is 0.416 e. The summed E-state index contributed by atoms with van der Waals surface area (Å²) in [6, 6.07) is 0.685. The van der Waals surface area contributed by atoms with Crippen LogP contribution in [0.1, 0.15) is 29.3 Å². The molecule has 2 aromatic rings. The first-order valence-corrected chi connectivity index (χ1v) is 10.6. The molecule has 2 heterocycles. The third kappa shape index (κ3) is 3.93. The van der Waals surface area contributed by atoms with Crippen molar-refractivity contribution in [1.82, 2.24) is 4.31 Å². The number of nitrogens with zero attached hydrogens (tertiary/aromatic N) is 1. The summed E-state index contributed by atoms with van der Waals surface area (Å²) in [7, 11) is -4.25. The van der Waals surface area contributed by atoms with Gasteiger partial charge in [-0.2, -0.15) is 30.6 Å². The van der Waals surface area contributed by atoms with Crippen LogP contribution in [0.15, 0.2) is 29.2 Å². The molecule has 0 spiro atoms. The number of carboxylic acid groups (broad SMARTS) is 1. The van der Waals surface area contributed by atoms with Crippen molar-refractivity contribution in [2.75, 3.05) is 0 Å². The van der Waals surface area contributed by atoms with Crippen molar-refractivity contribution >= 4 is 27.3 Å². The van der Waals surface area contributed by atoms with Gasteiger partial charge in [0, 0.05) is 9.75 Å². The predicted molar refractivity (Wildman–Crippen MR) is 94.2 cm³/mol. The molecule has 0 bridgehead atoms. The monoisotopic (exact) mass is 473 g/mol. The number of carboxylic acids is 1. The highest BCUT2D eigenvalue weighted by molar-refractivity contribution is 7.89. The molecule has 1 N–H and O–H groups in total. The minimum absolute atomic E-state index is 0.0119. The minimum atomic E-state index is -5.03. The Morgan fingerprint density at radius 3 is 2.03 bits per heavy atom. The topological polar surface area (TPSA) is 74.7 Å². The maximum Gasteiger partial charge on any atom is 0.416 e. The third-order valence-corrected chi connectivity index (χ3v) is 7.77. The van der Waals surface area contributed by atoms with Gasteiger partial charge in [-0.05, 0) is 36.2 Å². The maximum absolute atomic E-state index is 13.1. The second kappa shape index (κ2) is 7.24. The third-order valence-electron chi connectivity index (χ3n) is 4.55. The maximum atomic E-state index is 13.1. The van der Waals surface area contributed by atoms with Gasteiger partial charge in [0.15, 0.2) is 0 Å². The molecule has 1 aliphatic heterocycles. The van der Waals surface area contributed by atoms with Crippen molar-refractivity contribution in [3.63, 3.8) is 0 Å². The molecule has 0 amide bonds. The number of sulfonamides is 1. The number of fused-ring (bicyclic) bond motifs is 1. The second-order valence-electron chi connectivity index (χ2n) is 6.51. The molecule has 0 radical (unpaired) electrons. The van der Waals surface area contributed by atoms with E-state index >= 15 is 0 Å². The first kappa shape index (κ1) is 22.6. The number of carbonyl (C=O) groups is 1. The highest BCUT2D eigenvalue weighted by atomic mass is 32.2. The molecule has 3 rings (SSSR count). The van der Waals surface area contributed by atoms with E-state index in [1.807, 2.05) is 0 Å². The summed E-state index contributed by atoms with van der Waals surface area (Å²) < 4.78 is 105. The van der Waals surface area contributed by atoms with E-state index in [2.05, 4.69) is 0 Å². The van der Waals surface area contributed by atoms with Crippen LogP contribution in [0, 0.1) is 0 Å². The lowest BCUT2D eigenvalue weighted by Gasteiger charge is -2.21. The summed E-state index contributed by atoms with van der Waals surface area (Å²) >= 11 is 0.711. The lowest BCUT2D eigenvalue weighted by atomic mass is 10.0. The van der Waals surface area contributed by atoms with Crippen LogP contribution in [0.25, 0.3) is 10.4 Å².